The molecule has 0 fully saturated rings. The molecule has 0 aliphatic carbocycles. The number of anilines is 1. The topological polar surface area (TPSA) is 88.5 Å². The van der Waals surface area contributed by atoms with Gasteiger partial charge in [-0.1, -0.05) is 40.9 Å². The van der Waals surface area contributed by atoms with Crippen LogP contribution >= 0.6 is 34.8 Å². The van der Waals surface area contributed by atoms with Gasteiger partial charge in [0.1, 0.15) is 17.7 Å². The largest absolute Gasteiger partial charge is 0.360 e. The summed E-state index contributed by atoms with van der Waals surface area (Å²) in [5.41, 5.74) is 1.58. The molecule has 33 heavy (non-hydrogen) atoms. The van der Waals surface area contributed by atoms with Gasteiger partial charge in [-0.25, -0.2) is 19.3 Å². The first-order valence-electron chi connectivity index (χ1n) is 9.74. The molecule has 0 radical (unpaired) electrons. The van der Waals surface area contributed by atoms with Gasteiger partial charge in [-0.3, -0.25) is 9.36 Å². The Morgan fingerprint density at radius 2 is 1.82 bits per heavy atom. The molecule has 166 valence electrons. The van der Waals surface area contributed by atoms with Crippen LogP contribution in [0, 0.1) is 5.82 Å². The molecule has 0 amide bonds. The van der Waals surface area contributed by atoms with E-state index in [9.17, 15) is 9.18 Å². The summed E-state index contributed by atoms with van der Waals surface area (Å²) in [6.45, 7) is 1.86. The molecule has 0 aliphatic rings. The second-order valence-corrected chi connectivity index (χ2v) is 8.60. The average molecular weight is 504 g/mol. The predicted molar refractivity (Wildman–Crippen MR) is 128 cm³/mol. The average Bonchev–Trinajstić information content (AvgIpc) is 3.25. The van der Waals surface area contributed by atoms with Gasteiger partial charge in [0.2, 0.25) is 0 Å². The van der Waals surface area contributed by atoms with Gasteiger partial charge < -0.3 is 10.3 Å². The third-order valence-corrected chi connectivity index (χ3v) is 6.03. The maximum absolute atomic E-state index is 14.2. The van der Waals surface area contributed by atoms with Crippen LogP contribution in [0.1, 0.15) is 18.7 Å². The van der Waals surface area contributed by atoms with E-state index in [0.717, 1.165) is 0 Å². The minimum absolute atomic E-state index is 0.0560. The number of H-pyrrole nitrogens is 1. The Morgan fingerprint density at radius 3 is 2.58 bits per heavy atom. The minimum atomic E-state index is -0.683. The van der Waals surface area contributed by atoms with Crippen LogP contribution in [0.3, 0.4) is 0 Å². The molecule has 1 unspecified atom stereocenters. The third kappa shape index (κ3) is 3.80. The number of halogens is 4. The Kier molecular flexibility index (Phi) is 5.44. The van der Waals surface area contributed by atoms with Gasteiger partial charge in [0.25, 0.3) is 5.56 Å². The van der Waals surface area contributed by atoms with Crippen LogP contribution in [0.5, 0.6) is 0 Å². The SMILES string of the molecule is CC(Nc1ncnc2[nH]cnc12)c1cc2ccc(F)c(Cl)c2c(=O)n1-c1cc(Cl)cc(Cl)c1. The predicted octanol–water partition coefficient (Wildman–Crippen LogP) is 5.93. The normalized spacial score (nSPS) is 12.4. The van der Waals surface area contributed by atoms with Crippen LogP contribution in [-0.2, 0) is 0 Å². The van der Waals surface area contributed by atoms with Gasteiger partial charge >= 0.3 is 0 Å². The zero-order chi connectivity index (χ0) is 23.3. The number of hydrogen-bond acceptors (Lipinski definition) is 5. The Labute approximate surface area is 201 Å². The number of aromatic amines is 1. The fourth-order valence-electron chi connectivity index (χ4n) is 3.76. The molecule has 0 saturated carbocycles. The van der Waals surface area contributed by atoms with Gasteiger partial charge in [0.05, 0.1) is 28.5 Å². The summed E-state index contributed by atoms with van der Waals surface area (Å²) in [5.74, 6) is -0.202. The maximum Gasteiger partial charge on any atom is 0.264 e. The molecule has 3 heterocycles. The lowest BCUT2D eigenvalue weighted by Gasteiger charge is -2.22. The smallest absolute Gasteiger partial charge is 0.264 e. The Balaban J connectivity index is 1.75. The summed E-state index contributed by atoms with van der Waals surface area (Å²) in [7, 11) is 0. The molecule has 0 aliphatic heterocycles. The van der Waals surface area contributed by atoms with E-state index in [0.29, 0.717) is 43.8 Å². The summed E-state index contributed by atoms with van der Waals surface area (Å²) in [6, 6.07) is 8.81. The van der Waals surface area contributed by atoms with E-state index in [2.05, 4.69) is 25.3 Å². The molecule has 2 N–H and O–H groups in total. The van der Waals surface area contributed by atoms with E-state index >= 15 is 0 Å². The Morgan fingerprint density at radius 1 is 1.06 bits per heavy atom. The first-order valence-corrected chi connectivity index (χ1v) is 10.9. The molecule has 0 bridgehead atoms. The van der Waals surface area contributed by atoms with Gasteiger partial charge in [-0.15, -0.1) is 0 Å². The second-order valence-electron chi connectivity index (χ2n) is 7.35. The standard InChI is InChI=1S/C22H14Cl3FN6O/c1-10(31-21-19-20(28-8-27-19)29-9-30-21)16-4-11-2-3-15(26)18(25)17(11)22(33)32(16)14-6-12(23)5-13(24)7-14/h2-10H,1H3,(H2,27,28,29,30,31). The van der Waals surface area contributed by atoms with Gasteiger partial charge in [-0.05, 0) is 42.6 Å². The number of pyridine rings is 1. The summed E-state index contributed by atoms with van der Waals surface area (Å²) in [6.07, 6.45) is 2.92. The van der Waals surface area contributed by atoms with Crippen LogP contribution in [-0.4, -0.2) is 24.5 Å². The Hall–Kier alpha value is -3.20. The molecule has 5 rings (SSSR count). The fraction of sp³-hybridized carbons (Fsp3) is 0.0909. The van der Waals surface area contributed by atoms with Gasteiger partial charge in [0.15, 0.2) is 11.5 Å². The summed E-state index contributed by atoms with van der Waals surface area (Å²) in [5, 5.41) is 4.26. The van der Waals surface area contributed by atoms with Gasteiger partial charge in [-0.2, -0.15) is 0 Å². The molecule has 0 saturated heterocycles. The van der Waals surface area contributed by atoms with E-state index in [4.69, 9.17) is 34.8 Å². The van der Waals surface area contributed by atoms with Crippen molar-refractivity contribution in [2.45, 2.75) is 13.0 Å². The van der Waals surface area contributed by atoms with Crippen LogP contribution in [0.2, 0.25) is 15.1 Å². The van der Waals surface area contributed by atoms with Crippen LogP contribution in [0.15, 0.2) is 53.8 Å². The molecule has 0 spiro atoms. The highest BCUT2D eigenvalue weighted by atomic mass is 35.5. The van der Waals surface area contributed by atoms with Crippen molar-refractivity contribution in [3.63, 3.8) is 0 Å². The van der Waals surface area contributed by atoms with Crippen molar-refractivity contribution in [3.05, 3.63) is 86.0 Å². The van der Waals surface area contributed by atoms with E-state index < -0.39 is 17.4 Å². The zero-order valence-electron chi connectivity index (χ0n) is 16.9. The highest BCUT2D eigenvalue weighted by Gasteiger charge is 2.21. The summed E-state index contributed by atoms with van der Waals surface area (Å²) < 4.78 is 15.6. The lowest BCUT2D eigenvalue weighted by Crippen LogP contribution is -2.26. The van der Waals surface area contributed by atoms with Crippen LogP contribution < -0.4 is 10.9 Å². The Bertz CT molecular complexity index is 1580. The number of rotatable bonds is 4. The lowest BCUT2D eigenvalue weighted by atomic mass is 10.1. The highest BCUT2D eigenvalue weighted by molar-refractivity contribution is 6.36. The number of nitrogens with one attached hydrogen (secondary N) is 2. The summed E-state index contributed by atoms with van der Waals surface area (Å²) in [4.78, 5) is 29.2. The number of aromatic nitrogens is 5. The molecular weight excluding hydrogens is 490 g/mol. The quantitative estimate of drug-likeness (QED) is 0.317. The monoisotopic (exact) mass is 502 g/mol. The molecular formula is C22H14Cl3FN6O. The number of benzene rings is 2. The van der Waals surface area contributed by atoms with E-state index in [-0.39, 0.29) is 10.4 Å². The summed E-state index contributed by atoms with van der Waals surface area (Å²) >= 11 is 18.6. The number of imidazole rings is 1. The third-order valence-electron chi connectivity index (χ3n) is 5.23. The van der Waals surface area contributed by atoms with Crippen molar-refractivity contribution in [2.75, 3.05) is 5.32 Å². The first-order chi connectivity index (χ1) is 15.8. The highest BCUT2D eigenvalue weighted by Crippen LogP contribution is 2.30. The minimum Gasteiger partial charge on any atom is -0.360 e. The number of nitrogens with zero attached hydrogens (tertiary/aromatic N) is 4. The van der Waals surface area contributed by atoms with Crippen LogP contribution in [0.25, 0.3) is 27.6 Å². The van der Waals surface area contributed by atoms with Crippen molar-refractivity contribution < 1.29 is 4.39 Å². The molecule has 2 aromatic carbocycles. The van der Waals surface area contributed by atoms with Crippen molar-refractivity contribution in [1.29, 1.82) is 0 Å². The number of hydrogen-bond donors (Lipinski definition) is 2. The molecule has 7 nitrogen and oxygen atoms in total. The molecule has 11 heteroatoms. The van der Waals surface area contributed by atoms with Gasteiger partial charge in [0, 0.05) is 15.7 Å². The molecule has 1 atom stereocenters. The van der Waals surface area contributed by atoms with Crippen LogP contribution in [0.4, 0.5) is 10.2 Å². The fourth-order valence-corrected chi connectivity index (χ4v) is 4.53. The van der Waals surface area contributed by atoms with E-state index in [1.54, 1.807) is 24.3 Å². The lowest BCUT2D eigenvalue weighted by molar-refractivity contribution is 0.629. The number of fused-ring (bicyclic) bond motifs is 2. The molecule has 5 aromatic rings. The maximum atomic E-state index is 14.2. The van der Waals surface area contributed by atoms with Crippen molar-refractivity contribution >= 4 is 62.6 Å². The van der Waals surface area contributed by atoms with E-state index in [1.807, 2.05) is 6.92 Å². The van der Waals surface area contributed by atoms with Crippen molar-refractivity contribution in [1.82, 2.24) is 24.5 Å². The second kappa shape index (κ2) is 8.30. The van der Waals surface area contributed by atoms with Crippen molar-refractivity contribution in [2.24, 2.45) is 0 Å². The molecule has 3 aromatic heterocycles. The zero-order valence-corrected chi connectivity index (χ0v) is 19.2. The van der Waals surface area contributed by atoms with Crippen molar-refractivity contribution in [3.8, 4) is 5.69 Å². The van der Waals surface area contributed by atoms with E-state index in [1.165, 1.54) is 29.4 Å². The first kappa shape index (κ1) is 21.6.